The van der Waals surface area contributed by atoms with E-state index in [-0.39, 0.29) is 12.6 Å². The van der Waals surface area contributed by atoms with Gasteiger partial charge in [0.25, 0.3) is 0 Å². The summed E-state index contributed by atoms with van der Waals surface area (Å²) in [5, 5.41) is 16.5. The van der Waals surface area contributed by atoms with Crippen molar-refractivity contribution in [1.82, 2.24) is 24.6 Å². The second kappa shape index (κ2) is 6.89. The molecule has 0 aliphatic heterocycles. The van der Waals surface area contributed by atoms with E-state index in [4.69, 9.17) is 0 Å². The molecule has 142 valence electrons. The number of aliphatic hydroxyl groups excluding tert-OH is 1. The Morgan fingerprint density at radius 1 is 1.04 bits per heavy atom. The lowest BCUT2D eigenvalue weighted by Gasteiger charge is -2.08. The summed E-state index contributed by atoms with van der Waals surface area (Å²) in [7, 11) is 0. The minimum Gasteiger partial charge on any atom is -0.390 e. The second-order valence-corrected chi connectivity index (χ2v) is 5.86. The highest BCUT2D eigenvalue weighted by Gasteiger charge is 2.32. The molecule has 2 N–H and O–H groups in total. The van der Waals surface area contributed by atoms with Crippen LogP contribution in [-0.4, -0.2) is 29.7 Å². The Morgan fingerprint density at radius 2 is 1.86 bits per heavy atom. The number of nitrogens with one attached hydrogen (secondary N) is 1. The van der Waals surface area contributed by atoms with E-state index >= 15 is 0 Å². The number of alkyl halides is 3. The molecule has 0 unspecified atom stereocenters. The molecule has 0 fully saturated rings. The van der Waals surface area contributed by atoms with Crippen molar-refractivity contribution in [3.8, 4) is 11.3 Å². The van der Waals surface area contributed by atoms with Crippen LogP contribution in [0.3, 0.4) is 0 Å². The maximum atomic E-state index is 13.0. The van der Waals surface area contributed by atoms with Crippen LogP contribution >= 0.6 is 0 Å². The van der Waals surface area contributed by atoms with Crippen LogP contribution in [0, 0.1) is 0 Å². The first-order valence-electron chi connectivity index (χ1n) is 8.16. The predicted molar refractivity (Wildman–Crippen MR) is 94.7 cm³/mol. The molecule has 0 saturated carbocycles. The van der Waals surface area contributed by atoms with E-state index in [0.717, 1.165) is 12.3 Å². The number of rotatable bonds is 4. The maximum absolute atomic E-state index is 13.0. The van der Waals surface area contributed by atoms with Crippen molar-refractivity contribution < 1.29 is 18.3 Å². The second-order valence-electron chi connectivity index (χ2n) is 5.86. The molecule has 0 saturated heterocycles. The molecule has 4 aromatic heterocycles. The Kier molecular flexibility index (Phi) is 4.40. The lowest BCUT2D eigenvalue weighted by Crippen LogP contribution is -2.08. The predicted octanol–water partition coefficient (Wildman–Crippen LogP) is 3.44. The smallest absolute Gasteiger partial charge is 0.390 e. The minimum atomic E-state index is -4.54. The van der Waals surface area contributed by atoms with E-state index in [9.17, 15) is 18.3 Å². The summed E-state index contributed by atoms with van der Waals surface area (Å²) in [5.74, 6) is 0.257. The number of pyridine rings is 3. The fourth-order valence-corrected chi connectivity index (χ4v) is 2.69. The molecule has 0 spiro atoms. The summed E-state index contributed by atoms with van der Waals surface area (Å²) < 4.78 is 40.4. The van der Waals surface area contributed by atoms with Gasteiger partial charge in [-0.25, -0.2) is 4.52 Å². The topological polar surface area (TPSA) is 88.2 Å². The maximum Gasteiger partial charge on any atom is 0.433 e. The van der Waals surface area contributed by atoms with E-state index < -0.39 is 11.9 Å². The molecule has 4 rings (SSSR count). The van der Waals surface area contributed by atoms with Gasteiger partial charge in [-0.2, -0.15) is 18.2 Å². The Bertz CT molecular complexity index is 1140. The SMILES string of the molecule is OCc1cc(Nc2nc3cccc(-c4ccnc(C(F)(F)F)c4)n3n2)ccn1. The van der Waals surface area contributed by atoms with Crippen LogP contribution in [0.25, 0.3) is 16.9 Å². The summed E-state index contributed by atoms with van der Waals surface area (Å²) in [6, 6.07) is 10.8. The molecule has 10 heteroatoms. The van der Waals surface area contributed by atoms with Gasteiger partial charge in [-0.1, -0.05) is 6.07 Å². The molecule has 4 aromatic rings. The van der Waals surface area contributed by atoms with Gasteiger partial charge in [0.1, 0.15) is 5.69 Å². The lowest BCUT2D eigenvalue weighted by molar-refractivity contribution is -0.141. The normalized spacial score (nSPS) is 11.7. The molecule has 0 aromatic carbocycles. The molecule has 0 radical (unpaired) electrons. The van der Waals surface area contributed by atoms with Gasteiger partial charge in [0.2, 0.25) is 5.95 Å². The third-order valence-corrected chi connectivity index (χ3v) is 3.94. The quantitative estimate of drug-likeness (QED) is 0.559. The highest BCUT2D eigenvalue weighted by molar-refractivity contribution is 5.65. The summed E-state index contributed by atoms with van der Waals surface area (Å²) in [6.45, 7) is -0.207. The molecule has 0 amide bonds. The molecule has 0 aliphatic rings. The number of aromatic nitrogens is 5. The Morgan fingerprint density at radius 3 is 2.64 bits per heavy atom. The standard InChI is InChI=1S/C18H13F3N6O/c19-18(20,21)15-8-11(4-6-23-15)14-2-1-3-16-25-17(26-27(14)16)24-12-5-7-22-13(9-12)10-28/h1-9,28H,10H2,(H,22,24,26). The Hall–Kier alpha value is -3.53. The molecule has 0 aliphatic carbocycles. The van der Waals surface area contributed by atoms with Crippen LogP contribution in [0.2, 0.25) is 0 Å². The lowest BCUT2D eigenvalue weighted by atomic mass is 10.1. The van der Waals surface area contributed by atoms with E-state index in [1.54, 1.807) is 30.3 Å². The van der Waals surface area contributed by atoms with E-state index in [1.165, 1.54) is 16.8 Å². The van der Waals surface area contributed by atoms with E-state index in [0.29, 0.717) is 28.3 Å². The highest BCUT2D eigenvalue weighted by Crippen LogP contribution is 2.30. The monoisotopic (exact) mass is 386 g/mol. The fraction of sp³-hybridized carbons (Fsp3) is 0.111. The molecule has 7 nitrogen and oxygen atoms in total. The first-order chi connectivity index (χ1) is 13.4. The number of hydrogen-bond donors (Lipinski definition) is 2. The average molecular weight is 386 g/mol. The number of fused-ring (bicyclic) bond motifs is 1. The minimum absolute atomic E-state index is 0.207. The van der Waals surface area contributed by atoms with Gasteiger partial charge in [0.05, 0.1) is 18.0 Å². The van der Waals surface area contributed by atoms with Crippen LogP contribution < -0.4 is 5.32 Å². The van der Waals surface area contributed by atoms with Gasteiger partial charge in [0.15, 0.2) is 5.65 Å². The average Bonchev–Trinajstić information content (AvgIpc) is 3.10. The van der Waals surface area contributed by atoms with Crippen molar-refractivity contribution in [3.05, 3.63) is 66.2 Å². The van der Waals surface area contributed by atoms with E-state index in [2.05, 4.69) is 25.4 Å². The Labute approximate surface area is 156 Å². The van der Waals surface area contributed by atoms with Crippen molar-refractivity contribution in [2.75, 3.05) is 5.32 Å². The van der Waals surface area contributed by atoms with Crippen molar-refractivity contribution >= 4 is 17.3 Å². The van der Waals surface area contributed by atoms with Crippen molar-refractivity contribution in [2.24, 2.45) is 0 Å². The van der Waals surface area contributed by atoms with Crippen LogP contribution in [0.4, 0.5) is 24.8 Å². The van der Waals surface area contributed by atoms with Gasteiger partial charge >= 0.3 is 6.18 Å². The van der Waals surface area contributed by atoms with Gasteiger partial charge in [-0.3, -0.25) is 9.97 Å². The molecule has 28 heavy (non-hydrogen) atoms. The van der Waals surface area contributed by atoms with Crippen LogP contribution in [0.15, 0.2) is 54.9 Å². The number of anilines is 2. The third kappa shape index (κ3) is 3.49. The fourth-order valence-electron chi connectivity index (χ4n) is 2.69. The summed E-state index contributed by atoms with van der Waals surface area (Å²) >= 11 is 0. The van der Waals surface area contributed by atoms with Gasteiger partial charge in [-0.05, 0) is 36.4 Å². The van der Waals surface area contributed by atoms with Crippen molar-refractivity contribution in [2.45, 2.75) is 12.8 Å². The zero-order chi connectivity index (χ0) is 19.7. The molecule has 0 bridgehead atoms. The highest BCUT2D eigenvalue weighted by atomic mass is 19.4. The van der Waals surface area contributed by atoms with Crippen molar-refractivity contribution in [3.63, 3.8) is 0 Å². The van der Waals surface area contributed by atoms with Crippen molar-refractivity contribution in [1.29, 1.82) is 0 Å². The largest absolute Gasteiger partial charge is 0.433 e. The number of nitrogens with zero attached hydrogens (tertiary/aromatic N) is 5. The van der Waals surface area contributed by atoms with Gasteiger partial charge in [0, 0.05) is 23.6 Å². The third-order valence-electron chi connectivity index (χ3n) is 3.94. The van der Waals surface area contributed by atoms with E-state index in [1.807, 2.05) is 0 Å². The van der Waals surface area contributed by atoms with Crippen LogP contribution in [0.5, 0.6) is 0 Å². The van der Waals surface area contributed by atoms with Gasteiger partial charge < -0.3 is 10.4 Å². The summed E-state index contributed by atoms with van der Waals surface area (Å²) in [5.41, 5.74) is 1.34. The number of halogens is 3. The zero-order valence-corrected chi connectivity index (χ0v) is 14.2. The number of aliphatic hydroxyl groups is 1. The summed E-state index contributed by atoms with van der Waals surface area (Å²) in [4.78, 5) is 11.7. The first-order valence-corrected chi connectivity index (χ1v) is 8.16. The number of hydrogen-bond acceptors (Lipinski definition) is 6. The van der Waals surface area contributed by atoms with Crippen LogP contribution in [-0.2, 0) is 12.8 Å². The molecule has 4 heterocycles. The molecular formula is C18H13F3N6O. The van der Waals surface area contributed by atoms with Crippen LogP contribution in [0.1, 0.15) is 11.4 Å². The van der Waals surface area contributed by atoms with Gasteiger partial charge in [-0.15, -0.1) is 5.10 Å². The first kappa shape index (κ1) is 17.9. The molecule has 0 atom stereocenters. The summed E-state index contributed by atoms with van der Waals surface area (Å²) in [6.07, 6.45) is -1.89. The molecular weight excluding hydrogens is 373 g/mol. The zero-order valence-electron chi connectivity index (χ0n) is 14.2. The Balaban J connectivity index is 1.73.